The van der Waals surface area contributed by atoms with Crippen molar-refractivity contribution in [3.05, 3.63) is 0 Å². The van der Waals surface area contributed by atoms with Crippen LogP contribution in [0.2, 0.25) is 0 Å². The average Bonchev–Trinajstić information content (AvgIpc) is 2.73. The van der Waals surface area contributed by atoms with Gasteiger partial charge in [-0.1, -0.05) is 6.92 Å². The molecule has 2 heterocycles. The summed E-state index contributed by atoms with van der Waals surface area (Å²) < 4.78 is 10.9. The van der Waals surface area contributed by atoms with Crippen molar-refractivity contribution in [3.8, 4) is 6.01 Å². The zero-order valence-corrected chi connectivity index (χ0v) is 11.1. The van der Waals surface area contributed by atoms with Crippen molar-refractivity contribution in [2.24, 2.45) is 5.84 Å². The molecule has 106 valence electrons. The molecule has 3 N–H and O–H groups in total. The van der Waals surface area contributed by atoms with Crippen LogP contribution < -0.4 is 20.9 Å². The van der Waals surface area contributed by atoms with Crippen LogP contribution >= 0.6 is 0 Å². The third-order valence-corrected chi connectivity index (χ3v) is 2.67. The predicted octanol–water partition coefficient (Wildman–Crippen LogP) is 0.173. The molecule has 0 saturated carbocycles. The number of rotatable bonds is 5. The number of hydrogen-bond donors (Lipinski definition) is 2. The van der Waals surface area contributed by atoms with E-state index in [9.17, 15) is 0 Å². The van der Waals surface area contributed by atoms with Crippen molar-refractivity contribution in [2.75, 3.05) is 43.2 Å². The van der Waals surface area contributed by atoms with Crippen LogP contribution in [0, 0.1) is 0 Å². The molecule has 1 aliphatic heterocycles. The summed E-state index contributed by atoms with van der Waals surface area (Å²) in [6.45, 7) is 5.63. The molecule has 0 spiro atoms. The summed E-state index contributed by atoms with van der Waals surface area (Å²) >= 11 is 0. The smallest absolute Gasteiger partial charge is 0.323 e. The van der Waals surface area contributed by atoms with E-state index in [1.165, 1.54) is 0 Å². The van der Waals surface area contributed by atoms with Crippen molar-refractivity contribution in [3.63, 3.8) is 0 Å². The summed E-state index contributed by atoms with van der Waals surface area (Å²) in [4.78, 5) is 14.7. The van der Waals surface area contributed by atoms with Gasteiger partial charge in [0.05, 0.1) is 13.2 Å². The largest absolute Gasteiger partial charge is 0.463 e. The van der Waals surface area contributed by atoms with E-state index in [0.717, 1.165) is 32.5 Å². The molecular weight excluding hydrogens is 248 g/mol. The molecular formula is C11H20N6O2. The second-order valence-corrected chi connectivity index (χ2v) is 4.19. The fourth-order valence-corrected chi connectivity index (χ4v) is 1.76. The lowest BCUT2D eigenvalue weighted by atomic mass is 10.4. The van der Waals surface area contributed by atoms with Gasteiger partial charge in [0.2, 0.25) is 11.9 Å². The molecule has 0 aliphatic carbocycles. The van der Waals surface area contributed by atoms with E-state index in [1.807, 2.05) is 11.8 Å². The highest BCUT2D eigenvalue weighted by molar-refractivity contribution is 5.37. The van der Waals surface area contributed by atoms with Gasteiger partial charge >= 0.3 is 6.01 Å². The molecule has 1 saturated heterocycles. The summed E-state index contributed by atoms with van der Waals surface area (Å²) in [6.07, 6.45) is 1.84. The number of hydrogen-bond acceptors (Lipinski definition) is 8. The van der Waals surface area contributed by atoms with Gasteiger partial charge in [-0.25, -0.2) is 5.84 Å². The minimum atomic E-state index is 0.296. The van der Waals surface area contributed by atoms with Crippen molar-refractivity contribution in [1.82, 2.24) is 15.0 Å². The summed E-state index contributed by atoms with van der Waals surface area (Å²) in [6, 6.07) is 0.296. The van der Waals surface area contributed by atoms with Gasteiger partial charge in [-0.3, -0.25) is 5.43 Å². The lowest BCUT2D eigenvalue weighted by molar-refractivity contribution is 0.152. The molecule has 8 nitrogen and oxygen atoms in total. The third-order valence-electron chi connectivity index (χ3n) is 2.67. The maximum atomic E-state index is 5.44. The molecule has 0 amide bonds. The fourth-order valence-electron chi connectivity index (χ4n) is 1.76. The molecule has 2 rings (SSSR count). The molecule has 19 heavy (non-hydrogen) atoms. The van der Waals surface area contributed by atoms with Crippen molar-refractivity contribution < 1.29 is 9.47 Å². The second kappa shape index (κ2) is 7.05. The molecule has 1 aromatic heterocycles. The zero-order chi connectivity index (χ0) is 13.5. The molecule has 0 aromatic carbocycles. The second-order valence-electron chi connectivity index (χ2n) is 4.19. The summed E-state index contributed by atoms with van der Waals surface area (Å²) in [7, 11) is 0. The van der Waals surface area contributed by atoms with Crippen LogP contribution in [-0.2, 0) is 4.74 Å². The fraction of sp³-hybridized carbons (Fsp3) is 0.727. The average molecular weight is 268 g/mol. The Balaban J connectivity index is 2.17. The van der Waals surface area contributed by atoms with Crippen LogP contribution in [0.5, 0.6) is 6.01 Å². The number of nitrogens with zero attached hydrogens (tertiary/aromatic N) is 4. The lowest BCUT2D eigenvalue weighted by Gasteiger charge is -2.20. The number of nitrogen functional groups attached to an aromatic ring is 1. The van der Waals surface area contributed by atoms with E-state index in [1.54, 1.807) is 0 Å². The standard InChI is InChI=1S/C11H20N6O2/c1-2-6-19-11-14-9(16-12)13-10(15-11)17-4-3-7-18-8-5-17/h2-8,12H2,1H3,(H,13,14,15,16). The normalized spacial score (nSPS) is 16.0. The minimum absolute atomic E-state index is 0.296. The van der Waals surface area contributed by atoms with E-state index < -0.39 is 0 Å². The van der Waals surface area contributed by atoms with Crippen LogP contribution in [0.3, 0.4) is 0 Å². The molecule has 1 fully saturated rings. The zero-order valence-electron chi connectivity index (χ0n) is 11.1. The van der Waals surface area contributed by atoms with Gasteiger partial charge in [0.15, 0.2) is 0 Å². The predicted molar refractivity (Wildman–Crippen MR) is 71.1 cm³/mol. The van der Waals surface area contributed by atoms with Gasteiger partial charge < -0.3 is 14.4 Å². The van der Waals surface area contributed by atoms with Crippen LogP contribution in [0.4, 0.5) is 11.9 Å². The minimum Gasteiger partial charge on any atom is -0.463 e. The quantitative estimate of drug-likeness (QED) is 0.576. The first-order valence-corrected chi connectivity index (χ1v) is 6.51. The van der Waals surface area contributed by atoms with Gasteiger partial charge in [-0.2, -0.15) is 15.0 Å². The van der Waals surface area contributed by atoms with Gasteiger partial charge in [0.1, 0.15) is 0 Å². The number of ether oxygens (including phenoxy) is 2. The number of hydrazine groups is 1. The number of nitrogens with two attached hydrogens (primary N) is 1. The van der Waals surface area contributed by atoms with Gasteiger partial charge in [0, 0.05) is 19.7 Å². The maximum absolute atomic E-state index is 5.44. The Labute approximate surface area is 112 Å². The van der Waals surface area contributed by atoms with Gasteiger partial charge in [0.25, 0.3) is 0 Å². The van der Waals surface area contributed by atoms with E-state index in [2.05, 4.69) is 20.4 Å². The summed E-state index contributed by atoms with van der Waals surface area (Å²) in [5, 5.41) is 0. The van der Waals surface area contributed by atoms with Crippen molar-refractivity contribution in [2.45, 2.75) is 19.8 Å². The molecule has 1 aromatic rings. The Bertz CT molecular complexity index is 395. The topological polar surface area (TPSA) is 98.4 Å². The number of anilines is 2. The van der Waals surface area contributed by atoms with Gasteiger partial charge in [-0.15, -0.1) is 0 Å². The first kappa shape index (κ1) is 13.8. The molecule has 1 aliphatic rings. The van der Waals surface area contributed by atoms with Gasteiger partial charge in [-0.05, 0) is 12.8 Å². The van der Waals surface area contributed by atoms with Crippen LogP contribution in [-0.4, -0.2) is 47.9 Å². The monoisotopic (exact) mass is 268 g/mol. The molecule has 0 atom stereocenters. The summed E-state index contributed by atoms with van der Waals surface area (Å²) in [5.74, 6) is 6.25. The lowest BCUT2D eigenvalue weighted by Crippen LogP contribution is -2.28. The molecule has 8 heteroatoms. The Hall–Kier alpha value is -1.67. The highest BCUT2D eigenvalue weighted by atomic mass is 16.5. The molecule has 0 unspecified atom stereocenters. The van der Waals surface area contributed by atoms with E-state index >= 15 is 0 Å². The Morgan fingerprint density at radius 3 is 3.00 bits per heavy atom. The SMILES string of the molecule is CCCOc1nc(NN)nc(N2CCCOCC2)n1. The van der Waals surface area contributed by atoms with Crippen LogP contribution in [0.15, 0.2) is 0 Å². The number of nitrogens with one attached hydrogen (secondary N) is 1. The Morgan fingerprint density at radius 1 is 1.32 bits per heavy atom. The first-order chi connectivity index (χ1) is 9.33. The van der Waals surface area contributed by atoms with E-state index in [-0.39, 0.29) is 0 Å². The van der Waals surface area contributed by atoms with Crippen LogP contribution in [0.25, 0.3) is 0 Å². The van der Waals surface area contributed by atoms with E-state index in [4.69, 9.17) is 15.3 Å². The number of aromatic nitrogens is 3. The summed E-state index contributed by atoms with van der Waals surface area (Å²) in [5.41, 5.74) is 2.44. The third kappa shape index (κ3) is 3.90. The Morgan fingerprint density at radius 2 is 2.21 bits per heavy atom. The highest BCUT2D eigenvalue weighted by Crippen LogP contribution is 2.16. The van der Waals surface area contributed by atoms with Crippen molar-refractivity contribution >= 4 is 11.9 Å². The highest BCUT2D eigenvalue weighted by Gasteiger charge is 2.15. The Kier molecular flexibility index (Phi) is 5.10. The van der Waals surface area contributed by atoms with E-state index in [0.29, 0.717) is 31.1 Å². The maximum Gasteiger partial charge on any atom is 0.323 e. The molecule has 0 radical (unpaired) electrons. The first-order valence-electron chi connectivity index (χ1n) is 6.51. The van der Waals surface area contributed by atoms with Crippen LogP contribution in [0.1, 0.15) is 19.8 Å². The molecule has 0 bridgehead atoms. The van der Waals surface area contributed by atoms with Crippen molar-refractivity contribution in [1.29, 1.82) is 0 Å².